The van der Waals surface area contributed by atoms with Crippen LogP contribution in [0.25, 0.3) is 22.0 Å². The second-order valence-corrected chi connectivity index (χ2v) is 8.99. The fourth-order valence-electron chi connectivity index (χ4n) is 4.66. The molecule has 0 radical (unpaired) electrons. The van der Waals surface area contributed by atoms with Gasteiger partial charge < -0.3 is 30.5 Å². The molecule has 1 aliphatic carbocycles. The number of amides is 1. The standard InChI is InChI=1S/C27H23N3O8/c31-15-9-7-13(8-10-15)25(35)28-17-4-2-6-21(17)38-27(37)14-11-19(33)23(20(34)12-14)24-22-16(26(36)30-29-24)3-1-5-18(22)32/h1,3,5,7-12,17,21,31-34H,2,4,6H2,(H,28,35)(H,30,36). The number of phenols is 4. The second-order valence-electron chi connectivity index (χ2n) is 8.99. The maximum Gasteiger partial charge on any atom is 0.338 e. The summed E-state index contributed by atoms with van der Waals surface area (Å²) >= 11 is 0. The monoisotopic (exact) mass is 517 g/mol. The van der Waals surface area contributed by atoms with Crippen LogP contribution in [0.3, 0.4) is 0 Å². The van der Waals surface area contributed by atoms with E-state index in [1.807, 2.05) is 0 Å². The van der Waals surface area contributed by atoms with E-state index in [-0.39, 0.29) is 45.0 Å². The number of phenolic OH excluding ortho intramolecular Hbond substituents is 4. The predicted octanol–water partition coefficient (Wildman–Crippen LogP) is 2.92. The SMILES string of the molecule is O=C(NC1CCCC1OC(=O)c1cc(O)c(-c2n[nH]c(=O)c3cccc(O)c23)c(O)c1)c1ccc(O)cc1. The molecule has 0 spiro atoms. The van der Waals surface area contributed by atoms with Gasteiger partial charge in [-0.1, -0.05) is 6.07 Å². The Hall–Kier alpha value is -5.06. The van der Waals surface area contributed by atoms with Gasteiger partial charge in [-0.15, -0.1) is 0 Å². The van der Waals surface area contributed by atoms with Crippen LogP contribution in [0.1, 0.15) is 40.0 Å². The number of benzene rings is 3. The quantitative estimate of drug-likeness (QED) is 0.217. The van der Waals surface area contributed by atoms with Crippen molar-refractivity contribution < 1.29 is 34.8 Å². The molecule has 1 amide bonds. The van der Waals surface area contributed by atoms with E-state index < -0.39 is 35.2 Å². The minimum absolute atomic E-state index is 0.0235. The Morgan fingerprint density at radius 1 is 0.921 bits per heavy atom. The van der Waals surface area contributed by atoms with Gasteiger partial charge >= 0.3 is 5.97 Å². The Kier molecular flexibility index (Phi) is 6.33. The number of esters is 1. The maximum absolute atomic E-state index is 12.9. The molecule has 11 nitrogen and oxygen atoms in total. The van der Waals surface area contributed by atoms with Crippen molar-refractivity contribution in [3.8, 4) is 34.3 Å². The molecule has 1 aromatic heterocycles. The van der Waals surface area contributed by atoms with Crippen LogP contribution in [-0.4, -0.2) is 54.6 Å². The van der Waals surface area contributed by atoms with E-state index in [4.69, 9.17) is 4.74 Å². The molecule has 0 aliphatic heterocycles. The molecule has 2 atom stereocenters. The zero-order valence-electron chi connectivity index (χ0n) is 19.8. The van der Waals surface area contributed by atoms with Gasteiger partial charge in [0.1, 0.15) is 34.8 Å². The molecule has 38 heavy (non-hydrogen) atoms. The van der Waals surface area contributed by atoms with Crippen LogP contribution >= 0.6 is 0 Å². The van der Waals surface area contributed by atoms with Crippen molar-refractivity contribution in [2.24, 2.45) is 0 Å². The largest absolute Gasteiger partial charge is 0.508 e. The number of aromatic hydroxyl groups is 4. The number of ether oxygens (including phenoxy) is 1. The number of hydrogen-bond acceptors (Lipinski definition) is 9. The Morgan fingerprint density at radius 3 is 2.34 bits per heavy atom. The number of rotatable bonds is 5. The smallest absolute Gasteiger partial charge is 0.338 e. The summed E-state index contributed by atoms with van der Waals surface area (Å²) in [7, 11) is 0. The molecule has 1 heterocycles. The minimum Gasteiger partial charge on any atom is -0.508 e. The summed E-state index contributed by atoms with van der Waals surface area (Å²) in [6.45, 7) is 0. The normalized spacial score (nSPS) is 16.8. The van der Waals surface area contributed by atoms with Crippen LogP contribution in [-0.2, 0) is 4.74 Å². The van der Waals surface area contributed by atoms with Gasteiger partial charge in [0.2, 0.25) is 0 Å². The molecule has 0 bridgehead atoms. The first-order valence-corrected chi connectivity index (χ1v) is 11.8. The average molecular weight is 517 g/mol. The van der Waals surface area contributed by atoms with Crippen LogP contribution < -0.4 is 10.9 Å². The van der Waals surface area contributed by atoms with E-state index in [1.54, 1.807) is 0 Å². The van der Waals surface area contributed by atoms with Crippen LogP contribution in [0.2, 0.25) is 0 Å². The highest BCUT2D eigenvalue weighted by Crippen LogP contribution is 2.42. The number of carbonyl (C=O) groups excluding carboxylic acids is 2. The third-order valence-corrected chi connectivity index (χ3v) is 6.52. The molecule has 6 N–H and O–H groups in total. The third-order valence-electron chi connectivity index (χ3n) is 6.52. The van der Waals surface area contributed by atoms with Gasteiger partial charge in [0, 0.05) is 5.56 Å². The molecule has 3 aromatic carbocycles. The van der Waals surface area contributed by atoms with Gasteiger partial charge in [0.15, 0.2) is 0 Å². The van der Waals surface area contributed by atoms with Crippen LogP contribution in [0.5, 0.6) is 23.0 Å². The molecular weight excluding hydrogens is 494 g/mol. The van der Waals surface area contributed by atoms with Gasteiger partial charge in [0.05, 0.1) is 27.9 Å². The number of H-pyrrole nitrogens is 1. The molecule has 4 aromatic rings. The van der Waals surface area contributed by atoms with Crippen molar-refractivity contribution in [1.82, 2.24) is 15.5 Å². The second kappa shape index (κ2) is 9.77. The molecule has 194 valence electrons. The number of fused-ring (bicyclic) bond motifs is 1. The molecule has 1 fully saturated rings. The zero-order valence-corrected chi connectivity index (χ0v) is 19.8. The van der Waals surface area contributed by atoms with Gasteiger partial charge in [-0.2, -0.15) is 5.10 Å². The summed E-state index contributed by atoms with van der Waals surface area (Å²) in [6, 6.07) is 11.8. The number of nitrogens with zero attached hydrogens (tertiary/aromatic N) is 1. The molecule has 0 saturated heterocycles. The van der Waals surface area contributed by atoms with Gasteiger partial charge in [-0.25, -0.2) is 9.89 Å². The summed E-state index contributed by atoms with van der Waals surface area (Å²) in [5, 5.41) is 50.3. The first kappa shape index (κ1) is 24.6. The van der Waals surface area contributed by atoms with Crippen LogP contribution in [0.4, 0.5) is 0 Å². The Labute approximate surface area is 215 Å². The molecular formula is C27H23N3O8. The Balaban J connectivity index is 1.37. The number of aromatic amines is 1. The van der Waals surface area contributed by atoms with Gasteiger partial charge in [-0.05, 0) is 67.8 Å². The summed E-state index contributed by atoms with van der Waals surface area (Å²) in [6.07, 6.45) is 1.18. The highest BCUT2D eigenvalue weighted by Gasteiger charge is 2.33. The third kappa shape index (κ3) is 4.57. The van der Waals surface area contributed by atoms with Gasteiger partial charge in [0.25, 0.3) is 11.5 Å². The van der Waals surface area contributed by atoms with Crippen molar-refractivity contribution in [3.05, 3.63) is 76.1 Å². The molecule has 2 unspecified atom stereocenters. The van der Waals surface area contributed by atoms with Crippen molar-refractivity contribution in [1.29, 1.82) is 0 Å². The average Bonchev–Trinajstić information content (AvgIpc) is 3.31. The number of carbonyl (C=O) groups is 2. The molecule has 11 heteroatoms. The highest BCUT2D eigenvalue weighted by atomic mass is 16.5. The highest BCUT2D eigenvalue weighted by molar-refractivity contribution is 6.01. The fraction of sp³-hybridized carbons (Fsp3) is 0.185. The lowest BCUT2D eigenvalue weighted by molar-refractivity contribution is 0.0249. The van der Waals surface area contributed by atoms with Crippen LogP contribution in [0, 0.1) is 0 Å². The summed E-state index contributed by atoms with van der Waals surface area (Å²) in [4.78, 5) is 37.6. The molecule has 1 aliphatic rings. The topological polar surface area (TPSA) is 182 Å². The lowest BCUT2D eigenvalue weighted by Crippen LogP contribution is -2.41. The fourth-order valence-corrected chi connectivity index (χ4v) is 4.66. The first-order valence-electron chi connectivity index (χ1n) is 11.8. The summed E-state index contributed by atoms with van der Waals surface area (Å²) in [5.41, 5.74) is -0.635. The van der Waals surface area contributed by atoms with E-state index >= 15 is 0 Å². The van der Waals surface area contributed by atoms with E-state index in [1.165, 1.54) is 42.5 Å². The van der Waals surface area contributed by atoms with Crippen molar-refractivity contribution in [3.63, 3.8) is 0 Å². The van der Waals surface area contributed by atoms with E-state index in [9.17, 15) is 34.8 Å². The van der Waals surface area contributed by atoms with Gasteiger partial charge in [-0.3, -0.25) is 9.59 Å². The van der Waals surface area contributed by atoms with E-state index in [0.29, 0.717) is 24.8 Å². The predicted molar refractivity (Wildman–Crippen MR) is 135 cm³/mol. The number of aromatic nitrogens is 2. The summed E-state index contributed by atoms with van der Waals surface area (Å²) in [5.74, 6) is -2.48. The molecule has 1 saturated carbocycles. The van der Waals surface area contributed by atoms with Crippen molar-refractivity contribution in [2.45, 2.75) is 31.4 Å². The lowest BCUT2D eigenvalue weighted by atomic mass is 10.0. The van der Waals surface area contributed by atoms with E-state index in [0.717, 1.165) is 12.1 Å². The Morgan fingerprint density at radius 2 is 1.63 bits per heavy atom. The van der Waals surface area contributed by atoms with Crippen molar-refractivity contribution >= 4 is 22.6 Å². The Bertz CT molecular complexity index is 1590. The minimum atomic E-state index is -0.819. The summed E-state index contributed by atoms with van der Waals surface area (Å²) < 4.78 is 5.61. The number of nitrogens with one attached hydrogen (secondary N) is 2. The first-order chi connectivity index (χ1) is 18.2. The van der Waals surface area contributed by atoms with Crippen molar-refractivity contribution in [2.75, 3.05) is 0 Å². The lowest BCUT2D eigenvalue weighted by Gasteiger charge is -2.21. The zero-order chi connectivity index (χ0) is 27.0. The molecule has 5 rings (SSSR count). The number of hydrogen-bond donors (Lipinski definition) is 6. The van der Waals surface area contributed by atoms with Crippen LogP contribution in [0.15, 0.2) is 59.4 Å². The van der Waals surface area contributed by atoms with E-state index in [2.05, 4.69) is 15.5 Å². The maximum atomic E-state index is 12.9.